The molecule has 0 radical (unpaired) electrons. The number of rotatable bonds is 6. The lowest BCUT2D eigenvalue weighted by molar-refractivity contribution is 0.0994. The molecule has 0 bridgehead atoms. The van der Waals surface area contributed by atoms with Crippen molar-refractivity contribution >= 4 is 39.6 Å². The van der Waals surface area contributed by atoms with Crippen molar-refractivity contribution in [2.75, 3.05) is 5.32 Å². The highest BCUT2D eigenvalue weighted by molar-refractivity contribution is 7.18. The first-order chi connectivity index (χ1) is 15.6. The van der Waals surface area contributed by atoms with Crippen LogP contribution < -0.4 is 11.1 Å². The van der Waals surface area contributed by atoms with Crippen LogP contribution in [0.25, 0.3) is 33.3 Å². The van der Waals surface area contributed by atoms with Crippen molar-refractivity contribution in [3.63, 3.8) is 0 Å². The molecule has 0 unspecified atom stereocenters. The van der Waals surface area contributed by atoms with Gasteiger partial charge in [-0.2, -0.15) is 0 Å². The Morgan fingerprint density at radius 2 is 1.91 bits per heavy atom. The summed E-state index contributed by atoms with van der Waals surface area (Å²) in [6.45, 7) is 0. The maximum atomic E-state index is 13.2. The van der Waals surface area contributed by atoms with E-state index in [1.165, 1.54) is 22.7 Å². The highest BCUT2D eigenvalue weighted by Gasteiger charge is 2.22. The zero-order valence-corrected chi connectivity index (χ0v) is 18.0. The van der Waals surface area contributed by atoms with E-state index in [2.05, 4.69) is 20.3 Å². The maximum Gasteiger partial charge on any atom is 0.269 e. The van der Waals surface area contributed by atoms with Crippen molar-refractivity contribution in [1.82, 2.24) is 15.0 Å². The normalized spacial score (nSPS) is 10.9. The first-order valence-corrected chi connectivity index (χ1v) is 11.1. The second-order valence-corrected chi connectivity index (χ2v) is 8.56. The molecule has 5 rings (SSSR count). The van der Waals surface area contributed by atoms with Crippen LogP contribution in [0.1, 0.15) is 20.2 Å². The van der Waals surface area contributed by atoms with Gasteiger partial charge in [0.2, 0.25) is 0 Å². The third kappa shape index (κ3) is 3.84. The second-order valence-electron chi connectivity index (χ2n) is 6.70. The molecule has 0 fully saturated rings. The lowest BCUT2D eigenvalue weighted by Gasteiger charge is -2.02. The SMILES string of the molecule is NC(=O)c1cc(-c2csc(NC(=O)c3sc(-c4ccco4)nc3-c3ccccc3)n2)c[nH]1. The predicted molar refractivity (Wildman–Crippen MR) is 124 cm³/mol. The number of hydrogen-bond acceptors (Lipinski definition) is 7. The summed E-state index contributed by atoms with van der Waals surface area (Å²) >= 11 is 2.54. The van der Waals surface area contributed by atoms with Gasteiger partial charge < -0.3 is 15.1 Å². The van der Waals surface area contributed by atoms with Crippen LogP contribution in [0.2, 0.25) is 0 Å². The molecule has 0 aliphatic rings. The van der Waals surface area contributed by atoms with Crippen molar-refractivity contribution < 1.29 is 14.0 Å². The van der Waals surface area contributed by atoms with Gasteiger partial charge in [0, 0.05) is 22.7 Å². The summed E-state index contributed by atoms with van der Waals surface area (Å²) in [6.07, 6.45) is 3.22. The quantitative estimate of drug-likeness (QED) is 0.332. The minimum Gasteiger partial charge on any atom is -0.462 e. The van der Waals surface area contributed by atoms with E-state index in [0.717, 1.165) is 5.56 Å². The van der Waals surface area contributed by atoms with Crippen LogP contribution in [0.15, 0.2) is 70.8 Å². The number of nitrogens with two attached hydrogens (primary N) is 1. The lowest BCUT2D eigenvalue weighted by Crippen LogP contribution is -2.11. The highest BCUT2D eigenvalue weighted by Crippen LogP contribution is 2.35. The predicted octanol–water partition coefficient (Wildman–Crippen LogP) is 4.87. The Kier molecular flexibility index (Phi) is 5.13. The number of aromatic amines is 1. The molecular formula is C22H15N5O3S2. The number of furan rings is 1. The Morgan fingerprint density at radius 3 is 2.62 bits per heavy atom. The molecule has 0 atom stereocenters. The van der Waals surface area contributed by atoms with Gasteiger partial charge in [0.15, 0.2) is 15.9 Å². The van der Waals surface area contributed by atoms with Crippen LogP contribution >= 0.6 is 22.7 Å². The number of carbonyl (C=O) groups is 2. The standard InChI is InChI=1S/C22H15N5O3S2/c23-19(28)14-9-13(10-24-14)15-11-31-22(25-15)27-20(29)18-17(12-5-2-1-3-6-12)26-21(32-18)16-7-4-8-30-16/h1-11,24H,(H2,23,28)(H,25,27,29). The third-order valence-corrected chi connectivity index (χ3v) is 6.41. The van der Waals surface area contributed by atoms with E-state index in [9.17, 15) is 9.59 Å². The number of hydrogen-bond donors (Lipinski definition) is 3. The van der Waals surface area contributed by atoms with Crippen LogP contribution in [-0.2, 0) is 0 Å². The number of thiazole rings is 2. The third-order valence-electron chi connectivity index (χ3n) is 4.58. The average molecular weight is 462 g/mol. The van der Waals surface area contributed by atoms with E-state index in [4.69, 9.17) is 10.2 Å². The molecule has 8 nitrogen and oxygen atoms in total. The lowest BCUT2D eigenvalue weighted by atomic mass is 10.1. The van der Waals surface area contributed by atoms with Gasteiger partial charge >= 0.3 is 0 Å². The monoisotopic (exact) mass is 461 g/mol. The number of aromatic nitrogens is 3. The van der Waals surface area contributed by atoms with E-state index >= 15 is 0 Å². The molecule has 32 heavy (non-hydrogen) atoms. The fourth-order valence-corrected chi connectivity index (χ4v) is 4.74. The summed E-state index contributed by atoms with van der Waals surface area (Å²) < 4.78 is 5.46. The van der Waals surface area contributed by atoms with Crippen molar-refractivity contribution in [3.8, 4) is 33.3 Å². The van der Waals surface area contributed by atoms with Gasteiger partial charge in [-0.15, -0.1) is 22.7 Å². The summed E-state index contributed by atoms with van der Waals surface area (Å²) in [5.74, 6) is -0.265. The molecule has 158 valence electrons. The molecule has 0 aliphatic carbocycles. The number of carbonyl (C=O) groups excluding carboxylic acids is 2. The average Bonchev–Trinajstić information content (AvgIpc) is 3.60. The Bertz CT molecular complexity index is 1400. The Hall–Kier alpha value is -4.02. The van der Waals surface area contributed by atoms with Gasteiger partial charge in [-0.05, 0) is 18.2 Å². The van der Waals surface area contributed by atoms with Crippen LogP contribution in [0.5, 0.6) is 0 Å². The van der Waals surface area contributed by atoms with Crippen molar-refractivity contribution in [2.24, 2.45) is 5.73 Å². The summed E-state index contributed by atoms with van der Waals surface area (Å²) in [7, 11) is 0. The van der Waals surface area contributed by atoms with E-state index in [1.807, 2.05) is 30.3 Å². The largest absolute Gasteiger partial charge is 0.462 e. The number of anilines is 1. The van der Waals surface area contributed by atoms with Gasteiger partial charge in [-0.1, -0.05) is 30.3 Å². The summed E-state index contributed by atoms with van der Waals surface area (Å²) in [6, 6.07) is 14.7. The van der Waals surface area contributed by atoms with Crippen LogP contribution in [-0.4, -0.2) is 26.8 Å². The number of primary amides is 1. The maximum absolute atomic E-state index is 13.2. The van der Waals surface area contributed by atoms with Crippen molar-refractivity contribution in [2.45, 2.75) is 0 Å². The van der Waals surface area contributed by atoms with Crippen molar-refractivity contribution in [3.05, 3.63) is 76.9 Å². The molecule has 4 aromatic heterocycles. The fraction of sp³-hybridized carbons (Fsp3) is 0. The number of H-pyrrole nitrogens is 1. The number of amides is 2. The number of benzene rings is 1. The molecule has 0 saturated carbocycles. The van der Waals surface area contributed by atoms with E-state index in [-0.39, 0.29) is 5.91 Å². The van der Waals surface area contributed by atoms with Gasteiger partial charge in [0.1, 0.15) is 10.6 Å². The van der Waals surface area contributed by atoms with E-state index in [1.54, 1.807) is 36.0 Å². The van der Waals surface area contributed by atoms with E-state index in [0.29, 0.717) is 43.4 Å². The Morgan fingerprint density at radius 1 is 1.06 bits per heavy atom. The Labute approximate surface area is 189 Å². The molecule has 2 amide bonds. The number of nitrogens with one attached hydrogen (secondary N) is 2. The minimum atomic E-state index is -0.550. The minimum absolute atomic E-state index is 0.293. The first-order valence-electron chi connectivity index (χ1n) is 9.44. The first kappa shape index (κ1) is 19.9. The molecular weight excluding hydrogens is 446 g/mol. The van der Waals surface area contributed by atoms with Crippen LogP contribution in [0, 0.1) is 0 Å². The second kappa shape index (κ2) is 8.25. The summed E-state index contributed by atoms with van der Waals surface area (Å²) in [5, 5.41) is 5.69. The molecule has 10 heteroatoms. The van der Waals surface area contributed by atoms with Crippen LogP contribution in [0.4, 0.5) is 5.13 Å². The smallest absolute Gasteiger partial charge is 0.269 e. The molecule has 1 aromatic carbocycles. The van der Waals surface area contributed by atoms with Crippen molar-refractivity contribution in [1.29, 1.82) is 0 Å². The topological polar surface area (TPSA) is 127 Å². The highest BCUT2D eigenvalue weighted by atomic mass is 32.1. The van der Waals surface area contributed by atoms with Gasteiger partial charge in [0.25, 0.3) is 11.8 Å². The molecule has 4 N–H and O–H groups in total. The Balaban J connectivity index is 1.44. The summed E-state index contributed by atoms with van der Waals surface area (Å²) in [5.41, 5.74) is 8.31. The molecule has 4 heterocycles. The molecule has 0 saturated heterocycles. The molecule has 0 spiro atoms. The van der Waals surface area contributed by atoms with Gasteiger partial charge in [0.05, 0.1) is 17.7 Å². The van der Waals surface area contributed by atoms with Gasteiger partial charge in [-0.25, -0.2) is 9.97 Å². The number of nitrogens with zero attached hydrogens (tertiary/aromatic N) is 2. The van der Waals surface area contributed by atoms with Crippen LogP contribution in [0.3, 0.4) is 0 Å². The van der Waals surface area contributed by atoms with E-state index < -0.39 is 5.91 Å². The molecule has 0 aliphatic heterocycles. The van der Waals surface area contributed by atoms with Gasteiger partial charge in [-0.3, -0.25) is 14.9 Å². The zero-order chi connectivity index (χ0) is 22.1. The fourth-order valence-electron chi connectivity index (χ4n) is 3.07. The zero-order valence-electron chi connectivity index (χ0n) is 16.4. The molecule has 5 aromatic rings. The summed E-state index contributed by atoms with van der Waals surface area (Å²) in [4.78, 5) is 36.8.